The van der Waals surface area contributed by atoms with E-state index >= 15 is 0 Å². The van der Waals surface area contributed by atoms with Gasteiger partial charge < -0.3 is 14.7 Å². The van der Waals surface area contributed by atoms with Crippen molar-refractivity contribution in [1.29, 1.82) is 0 Å². The number of fused-ring (bicyclic) bond motifs is 1. The van der Waals surface area contributed by atoms with Crippen LogP contribution < -0.4 is 10.2 Å². The Hall–Kier alpha value is -2.34. The summed E-state index contributed by atoms with van der Waals surface area (Å²) in [5, 5.41) is 8.24. The molecule has 6 heteroatoms. The third-order valence-electron chi connectivity index (χ3n) is 4.64. The van der Waals surface area contributed by atoms with Gasteiger partial charge >= 0.3 is 0 Å². The minimum absolute atomic E-state index is 0.0260. The highest BCUT2D eigenvalue weighted by Crippen LogP contribution is 2.29. The van der Waals surface area contributed by atoms with Gasteiger partial charge in [0.25, 0.3) is 0 Å². The monoisotopic (exact) mass is 399 g/mol. The number of aromatic nitrogens is 1. The van der Waals surface area contributed by atoms with Gasteiger partial charge in [0.05, 0.1) is 5.39 Å². The highest BCUT2D eigenvalue weighted by atomic mass is 79.9. The Morgan fingerprint density at radius 1 is 1.12 bits per heavy atom. The van der Waals surface area contributed by atoms with Gasteiger partial charge in [-0.25, -0.2) is 0 Å². The van der Waals surface area contributed by atoms with Crippen molar-refractivity contribution in [1.82, 2.24) is 5.16 Å². The van der Waals surface area contributed by atoms with Gasteiger partial charge in [-0.15, -0.1) is 0 Å². The number of para-hydroxylation sites is 1. The van der Waals surface area contributed by atoms with Gasteiger partial charge in [0.2, 0.25) is 5.91 Å². The van der Waals surface area contributed by atoms with Crippen molar-refractivity contribution in [2.24, 2.45) is 5.92 Å². The number of piperidine rings is 1. The minimum atomic E-state index is 0.0260. The van der Waals surface area contributed by atoms with Crippen LogP contribution in [-0.4, -0.2) is 24.2 Å². The lowest BCUT2D eigenvalue weighted by atomic mass is 9.95. The van der Waals surface area contributed by atoms with Crippen LogP contribution in [0.1, 0.15) is 12.8 Å². The summed E-state index contributed by atoms with van der Waals surface area (Å²) in [6.45, 7) is 1.60. The second-order valence-corrected chi connectivity index (χ2v) is 7.18. The molecule has 25 heavy (non-hydrogen) atoms. The molecule has 1 amide bonds. The molecule has 5 nitrogen and oxygen atoms in total. The topological polar surface area (TPSA) is 58.4 Å². The molecule has 1 aliphatic rings. The van der Waals surface area contributed by atoms with E-state index < -0.39 is 0 Å². The summed E-state index contributed by atoms with van der Waals surface area (Å²) >= 11 is 3.40. The average molecular weight is 400 g/mol. The number of nitrogens with one attached hydrogen (secondary N) is 1. The zero-order valence-electron chi connectivity index (χ0n) is 13.6. The largest absolute Gasteiger partial charge is 0.354 e. The first kappa shape index (κ1) is 16.1. The maximum atomic E-state index is 12.5. The number of rotatable bonds is 3. The number of hydrogen-bond donors (Lipinski definition) is 1. The Balaban J connectivity index is 1.39. The Labute approximate surface area is 154 Å². The lowest BCUT2D eigenvalue weighted by Gasteiger charge is -2.31. The van der Waals surface area contributed by atoms with E-state index in [1.807, 2.05) is 48.5 Å². The zero-order valence-corrected chi connectivity index (χ0v) is 15.2. The molecule has 0 unspecified atom stereocenters. The first-order valence-corrected chi connectivity index (χ1v) is 9.16. The van der Waals surface area contributed by atoms with Gasteiger partial charge in [-0.1, -0.05) is 33.2 Å². The Bertz CT molecular complexity index is 883. The molecule has 0 aliphatic carbocycles. The quantitative estimate of drug-likeness (QED) is 0.706. The summed E-state index contributed by atoms with van der Waals surface area (Å²) in [5.41, 5.74) is 1.63. The average Bonchev–Trinajstić information content (AvgIpc) is 3.08. The number of benzene rings is 2. The molecule has 0 saturated carbocycles. The second kappa shape index (κ2) is 6.88. The summed E-state index contributed by atoms with van der Waals surface area (Å²) in [6.07, 6.45) is 1.62. The van der Waals surface area contributed by atoms with E-state index in [-0.39, 0.29) is 11.8 Å². The smallest absolute Gasteiger partial charge is 0.227 e. The molecule has 1 saturated heterocycles. The summed E-state index contributed by atoms with van der Waals surface area (Å²) in [7, 11) is 0. The zero-order chi connectivity index (χ0) is 17.2. The number of carbonyl (C=O) groups is 1. The summed E-state index contributed by atoms with van der Waals surface area (Å²) in [6, 6.07) is 15.5. The molecule has 0 atom stereocenters. The van der Waals surface area contributed by atoms with Crippen molar-refractivity contribution in [2.75, 3.05) is 23.3 Å². The Kier molecular flexibility index (Phi) is 4.44. The Morgan fingerprint density at radius 3 is 2.60 bits per heavy atom. The molecule has 0 radical (unpaired) electrons. The van der Waals surface area contributed by atoms with Crippen LogP contribution in [-0.2, 0) is 4.79 Å². The van der Waals surface area contributed by atoms with E-state index in [9.17, 15) is 4.79 Å². The van der Waals surface area contributed by atoms with Crippen molar-refractivity contribution in [3.63, 3.8) is 0 Å². The van der Waals surface area contributed by atoms with Gasteiger partial charge in [-0.05, 0) is 49.2 Å². The number of anilines is 2. The van der Waals surface area contributed by atoms with E-state index in [1.165, 1.54) is 0 Å². The first-order valence-electron chi connectivity index (χ1n) is 8.36. The van der Waals surface area contributed by atoms with Crippen LogP contribution in [0.2, 0.25) is 0 Å². The van der Waals surface area contributed by atoms with Crippen LogP contribution in [0.4, 0.5) is 11.5 Å². The van der Waals surface area contributed by atoms with Gasteiger partial charge in [-0.3, -0.25) is 4.79 Å². The number of hydrogen-bond acceptors (Lipinski definition) is 4. The van der Waals surface area contributed by atoms with Gasteiger partial charge in [-0.2, -0.15) is 0 Å². The van der Waals surface area contributed by atoms with Crippen molar-refractivity contribution >= 4 is 44.3 Å². The van der Waals surface area contributed by atoms with Crippen LogP contribution in [0.15, 0.2) is 57.5 Å². The van der Waals surface area contributed by atoms with E-state index in [2.05, 4.69) is 31.3 Å². The van der Waals surface area contributed by atoms with Crippen molar-refractivity contribution in [3.05, 3.63) is 53.0 Å². The van der Waals surface area contributed by atoms with Crippen molar-refractivity contribution in [3.8, 4) is 0 Å². The SMILES string of the molecule is O=C(Nc1ccc(Br)cc1)C1CCN(c2noc3ccccc23)CC1. The highest BCUT2D eigenvalue weighted by Gasteiger charge is 2.27. The minimum Gasteiger partial charge on any atom is -0.354 e. The predicted octanol–water partition coefficient (Wildman–Crippen LogP) is 4.45. The van der Waals surface area contributed by atoms with Gasteiger partial charge in [0, 0.05) is 29.2 Å². The predicted molar refractivity (Wildman–Crippen MR) is 102 cm³/mol. The van der Waals surface area contributed by atoms with E-state index in [0.29, 0.717) is 0 Å². The van der Waals surface area contributed by atoms with Crippen LogP contribution in [0.3, 0.4) is 0 Å². The molecule has 1 N–H and O–H groups in total. The van der Waals surface area contributed by atoms with Crippen LogP contribution in [0.25, 0.3) is 11.0 Å². The molecule has 2 aromatic carbocycles. The number of amides is 1. The molecule has 1 fully saturated rings. The van der Waals surface area contributed by atoms with E-state index in [1.54, 1.807) is 0 Å². The fraction of sp³-hybridized carbons (Fsp3) is 0.263. The maximum absolute atomic E-state index is 12.5. The molecular weight excluding hydrogens is 382 g/mol. The molecule has 3 aromatic rings. The van der Waals surface area contributed by atoms with E-state index in [4.69, 9.17) is 4.52 Å². The molecular formula is C19H18BrN3O2. The third kappa shape index (κ3) is 3.39. The number of nitrogens with zero attached hydrogens (tertiary/aromatic N) is 2. The molecule has 1 aromatic heterocycles. The fourth-order valence-corrected chi connectivity index (χ4v) is 3.50. The van der Waals surface area contributed by atoms with Crippen LogP contribution in [0, 0.1) is 5.92 Å². The lowest BCUT2D eigenvalue weighted by molar-refractivity contribution is -0.120. The molecule has 4 rings (SSSR count). The number of halogens is 1. The summed E-state index contributed by atoms with van der Waals surface area (Å²) in [4.78, 5) is 14.7. The van der Waals surface area contributed by atoms with Gasteiger partial charge in [0.15, 0.2) is 11.4 Å². The maximum Gasteiger partial charge on any atom is 0.227 e. The normalized spacial score (nSPS) is 15.5. The van der Waals surface area contributed by atoms with E-state index in [0.717, 1.165) is 52.9 Å². The summed E-state index contributed by atoms with van der Waals surface area (Å²) in [5.74, 6) is 0.993. The van der Waals surface area contributed by atoms with Gasteiger partial charge in [0.1, 0.15) is 0 Å². The number of carbonyl (C=O) groups excluding carboxylic acids is 1. The lowest BCUT2D eigenvalue weighted by Crippen LogP contribution is -2.38. The fourth-order valence-electron chi connectivity index (χ4n) is 3.23. The molecule has 0 bridgehead atoms. The van der Waals surface area contributed by atoms with Crippen LogP contribution >= 0.6 is 15.9 Å². The van der Waals surface area contributed by atoms with Crippen molar-refractivity contribution < 1.29 is 9.32 Å². The Morgan fingerprint density at radius 2 is 1.84 bits per heavy atom. The summed E-state index contributed by atoms with van der Waals surface area (Å²) < 4.78 is 6.39. The third-order valence-corrected chi connectivity index (χ3v) is 5.16. The standard InChI is InChI=1S/C19H18BrN3O2/c20-14-5-7-15(8-6-14)21-19(24)13-9-11-23(12-10-13)18-16-3-1-2-4-17(16)25-22-18/h1-8,13H,9-12H2,(H,21,24). The van der Waals surface area contributed by atoms with Crippen molar-refractivity contribution in [2.45, 2.75) is 12.8 Å². The first-order chi connectivity index (χ1) is 12.2. The molecule has 1 aliphatic heterocycles. The second-order valence-electron chi connectivity index (χ2n) is 6.26. The molecule has 0 spiro atoms. The highest BCUT2D eigenvalue weighted by molar-refractivity contribution is 9.10. The molecule has 128 valence electrons. The van der Waals surface area contributed by atoms with Crippen LogP contribution in [0.5, 0.6) is 0 Å². The molecule has 2 heterocycles.